The van der Waals surface area contributed by atoms with E-state index in [-0.39, 0.29) is 12.5 Å². The Morgan fingerprint density at radius 1 is 1.32 bits per heavy atom. The summed E-state index contributed by atoms with van der Waals surface area (Å²) in [4.78, 5) is 13.8. The fourth-order valence-corrected chi connectivity index (χ4v) is 1.87. The van der Waals surface area contributed by atoms with Gasteiger partial charge in [-0.3, -0.25) is 4.79 Å². The third-order valence-corrected chi connectivity index (χ3v) is 2.90. The molecular weight excluding hydrogens is 238 g/mol. The van der Waals surface area contributed by atoms with Crippen LogP contribution in [0.1, 0.15) is 26.3 Å². The first-order valence-electron chi connectivity index (χ1n) is 6.71. The summed E-state index contributed by atoms with van der Waals surface area (Å²) in [5.41, 5.74) is 2.10. The van der Waals surface area contributed by atoms with E-state index in [4.69, 9.17) is 4.74 Å². The molecule has 0 aliphatic rings. The van der Waals surface area contributed by atoms with E-state index >= 15 is 0 Å². The number of likely N-dealkylation sites (N-methyl/N-ethyl adjacent to an activating group) is 1. The van der Waals surface area contributed by atoms with Gasteiger partial charge in [0, 0.05) is 13.1 Å². The predicted molar refractivity (Wildman–Crippen MR) is 78.4 cm³/mol. The van der Waals surface area contributed by atoms with Crippen molar-refractivity contribution in [2.75, 3.05) is 19.7 Å². The third kappa shape index (κ3) is 4.78. The summed E-state index contributed by atoms with van der Waals surface area (Å²) < 4.78 is 5.63. The molecule has 3 heteroatoms. The van der Waals surface area contributed by atoms with E-state index in [1.807, 2.05) is 38.1 Å². The highest BCUT2D eigenvalue weighted by atomic mass is 16.5. The molecule has 19 heavy (non-hydrogen) atoms. The number of amides is 1. The molecule has 0 aliphatic heterocycles. The minimum Gasteiger partial charge on any atom is -0.483 e. The summed E-state index contributed by atoms with van der Waals surface area (Å²) in [7, 11) is 0. The number of benzene rings is 1. The van der Waals surface area contributed by atoms with Gasteiger partial charge in [-0.25, -0.2) is 0 Å². The first-order valence-corrected chi connectivity index (χ1v) is 6.71. The number of hydrogen-bond donors (Lipinski definition) is 0. The predicted octanol–water partition coefficient (Wildman–Crippen LogP) is 3.05. The summed E-state index contributed by atoms with van der Waals surface area (Å²) >= 11 is 0. The zero-order valence-electron chi connectivity index (χ0n) is 12.1. The van der Waals surface area contributed by atoms with Crippen molar-refractivity contribution in [2.45, 2.75) is 27.2 Å². The van der Waals surface area contributed by atoms with Gasteiger partial charge >= 0.3 is 0 Å². The van der Waals surface area contributed by atoms with Gasteiger partial charge in [0.25, 0.3) is 5.91 Å². The van der Waals surface area contributed by atoms with Gasteiger partial charge in [-0.2, -0.15) is 0 Å². The van der Waals surface area contributed by atoms with E-state index < -0.39 is 0 Å². The fraction of sp³-hybridized carbons (Fsp3) is 0.438. The number of carbonyl (C=O) groups excluding carboxylic acids is 1. The van der Waals surface area contributed by atoms with Crippen LogP contribution in [-0.2, 0) is 11.2 Å². The van der Waals surface area contributed by atoms with Crippen molar-refractivity contribution in [1.82, 2.24) is 4.90 Å². The van der Waals surface area contributed by atoms with Crippen LogP contribution in [0.5, 0.6) is 5.75 Å². The molecule has 0 atom stereocenters. The normalized spacial score (nSPS) is 10.1. The topological polar surface area (TPSA) is 29.5 Å². The molecule has 0 unspecified atom stereocenters. The Balaban J connectivity index is 2.60. The Morgan fingerprint density at radius 3 is 2.58 bits per heavy atom. The second kappa shape index (κ2) is 7.62. The van der Waals surface area contributed by atoms with Gasteiger partial charge in [0.1, 0.15) is 5.75 Å². The van der Waals surface area contributed by atoms with Crippen molar-refractivity contribution in [2.24, 2.45) is 0 Å². The monoisotopic (exact) mass is 261 g/mol. The minimum atomic E-state index is -0.00333. The highest BCUT2D eigenvalue weighted by Gasteiger charge is 2.12. The Bertz CT molecular complexity index is 440. The van der Waals surface area contributed by atoms with E-state index in [9.17, 15) is 4.79 Å². The molecule has 1 aromatic rings. The number of carbonyl (C=O) groups is 1. The first kappa shape index (κ1) is 15.3. The van der Waals surface area contributed by atoms with Crippen molar-refractivity contribution < 1.29 is 9.53 Å². The van der Waals surface area contributed by atoms with Crippen LogP contribution >= 0.6 is 0 Å². The molecule has 0 saturated heterocycles. The molecule has 0 saturated carbocycles. The standard InChI is InChI=1S/C16H23NO2/c1-5-14-9-7-8-10-15(14)19-12-16(18)17(6-2)11-13(3)4/h7-10H,3,5-6,11-12H2,1-2,4H3. The summed E-state index contributed by atoms with van der Waals surface area (Å²) in [6.45, 7) is 11.1. The van der Waals surface area contributed by atoms with Crippen molar-refractivity contribution in [1.29, 1.82) is 0 Å². The van der Waals surface area contributed by atoms with Gasteiger partial charge in [0.2, 0.25) is 0 Å². The molecule has 1 aromatic carbocycles. The molecule has 3 nitrogen and oxygen atoms in total. The molecule has 0 aromatic heterocycles. The van der Waals surface area contributed by atoms with Gasteiger partial charge in [-0.1, -0.05) is 37.3 Å². The van der Waals surface area contributed by atoms with E-state index in [1.165, 1.54) is 0 Å². The number of ether oxygens (including phenoxy) is 1. The largest absolute Gasteiger partial charge is 0.483 e. The molecule has 0 bridgehead atoms. The molecule has 1 rings (SSSR count). The fourth-order valence-electron chi connectivity index (χ4n) is 1.87. The Labute approximate surface area is 115 Å². The minimum absolute atomic E-state index is 0.00333. The van der Waals surface area contributed by atoms with Gasteiger partial charge in [0.15, 0.2) is 6.61 Å². The zero-order chi connectivity index (χ0) is 14.3. The van der Waals surface area contributed by atoms with Crippen LogP contribution in [0, 0.1) is 0 Å². The van der Waals surface area contributed by atoms with Gasteiger partial charge in [0.05, 0.1) is 0 Å². The lowest BCUT2D eigenvalue weighted by Crippen LogP contribution is -2.35. The van der Waals surface area contributed by atoms with Crippen LogP contribution in [-0.4, -0.2) is 30.5 Å². The maximum atomic E-state index is 12.0. The van der Waals surface area contributed by atoms with E-state index in [2.05, 4.69) is 13.5 Å². The lowest BCUT2D eigenvalue weighted by atomic mass is 10.1. The van der Waals surface area contributed by atoms with Crippen LogP contribution < -0.4 is 4.74 Å². The van der Waals surface area contributed by atoms with Crippen LogP contribution in [0.4, 0.5) is 0 Å². The molecule has 0 aliphatic carbocycles. The van der Waals surface area contributed by atoms with E-state index in [0.29, 0.717) is 13.1 Å². The highest BCUT2D eigenvalue weighted by molar-refractivity contribution is 5.78. The quantitative estimate of drug-likeness (QED) is 0.706. The summed E-state index contributed by atoms with van der Waals surface area (Å²) in [6, 6.07) is 7.82. The summed E-state index contributed by atoms with van der Waals surface area (Å²) in [5.74, 6) is 0.793. The Hall–Kier alpha value is -1.77. The van der Waals surface area contributed by atoms with Crippen molar-refractivity contribution in [3.8, 4) is 5.75 Å². The van der Waals surface area contributed by atoms with Crippen molar-refractivity contribution in [3.63, 3.8) is 0 Å². The SMILES string of the molecule is C=C(C)CN(CC)C(=O)COc1ccccc1CC. The second-order valence-corrected chi connectivity index (χ2v) is 4.61. The maximum Gasteiger partial charge on any atom is 0.260 e. The lowest BCUT2D eigenvalue weighted by molar-refractivity contribution is -0.132. The molecule has 0 fully saturated rings. The van der Waals surface area contributed by atoms with Crippen molar-refractivity contribution >= 4 is 5.91 Å². The molecule has 0 heterocycles. The lowest BCUT2D eigenvalue weighted by Gasteiger charge is -2.21. The molecule has 104 valence electrons. The summed E-state index contributed by atoms with van der Waals surface area (Å²) in [6.07, 6.45) is 0.896. The van der Waals surface area contributed by atoms with E-state index in [1.54, 1.807) is 4.90 Å². The average Bonchev–Trinajstić information content (AvgIpc) is 2.42. The third-order valence-electron chi connectivity index (χ3n) is 2.90. The maximum absolute atomic E-state index is 12.0. The molecule has 1 amide bonds. The van der Waals surface area contributed by atoms with Gasteiger partial charge in [-0.05, 0) is 31.9 Å². The van der Waals surface area contributed by atoms with Gasteiger partial charge in [-0.15, -0.1) is 0 Å². The smallest absolute Gasteiger partial charge is 0.260 e. The number of para-hydroxylation sites is 1. The van der Waals surface area contributed by atoms with Gasteiger partial charge < -0.3 is 9.64 Å². The zero-order valence-corrected chi connectivity index (χ0v) is 12.1. The molecular formula is C16H23NO2. The second-order valence-electron chi connectivity index (χ2n) is 4.61. The number of hydrogen-bond acceptors (Lipinski definition) is 2. The number of rotatable bonds is 7. The molecule has 0 N–H and O–H groups in total. The van der Waals surface area contributed by atoms with E-state index in [0.717, 1.165) is 23.3 Å². The van der Waals surface area contributed by atoms with Crippen LogP contribution in [0.3, 0.4) is 0 Å². The molecule has 0 radical (unpaired) electrons. The highest BCUT2D eigenvalue weighted by Crippen LogP contribution is 2.18. The van der Waals surface area contributed by atoms with Crippen LogP contribution in [0.25, 0.3) is 0 Å². The number of nitrogens with zero attached hydrogens (tertiary/aromatic N) is 1. The van der Waals surface area contributed by atoms with Crippen LogP contribution in [0.15, 0.2) is 36.4 Å². The van der Waals surface area contributed by atoms with Crippen molar-refractivity contribution in [3.05, 3.63) is 42.0 Å². The number of aryl methyl sites for hydroxylation is 1. The average molecular weight is 261 g/mol. The first-order chi connectivity index (χ1) is 9.08. The Morgan fingerprint density at radius 2 is 2.00 bits per heavy atom. The summed E-state index contributed by atoms with van der Waals surface area (Å²) in [5, 5.41) is 0. The van der Waals surface area contributed by atoms with Crippen LogP contribution in [0.2, 0.25) is 0 Å². The molecule has 0 spiro atoms. The Kier molecular flexibility index (Phi) is 6.13.